The summed E-state index contributed by atoms with van der Waals surface area (Å²) in [6, 6.07) is 34.8. The summed E-state index contributed by atoms with van der Waals surface area (Å²) >= 11 is 0. The molecule has 7 rings (SSSR count). The van der Waals surface area contributed by atoms with E-state index >= 15 is 0 Å². The fourth-order valence-corrected chi connectivity index (χ4v) is 5.93. The Morgan fingerprint density at radius 2 is 0.846 bits per heavy atom. The van der Waals surface area contributed by atoms with Crippen LogP contribution in [0.25, 0.3) is 65.3 Å². The van der Waals surface area contributed by atoms with Gasteiger partial charge in [0.1, 0.15) is 0 Å². The SMILES string of the molecule is Cc1c(O)c(O)c(-c2c3ccccc3c(-c3ccc4c(ccc5ccccc54)c3)c3ccccc23)c(O)c1O. The van der Waals surface area contributed by atoms with Crippen molar-refractivity contribution < 1.29 is 20.4 Å². The van der Waals surface area contributed by atoms with Crippen molar-refractivity contribution in [3.63, 3.8) is 0 Å². The van der Waals surface area contributed by atoms with Crippen molar-refractivity contribution in [1.82, 2.24) is 0 Å². The maximum atomic E-state index is 11.0. The fraction of sp³-hybridized carbons (Fsp3) is 0.0286. The monoisotopic (exact) mass is 508 g/mol. The summed E-state index contributed by atoms with van der Waals surface area (Å²) in [5.74, 6) is -1.86. The number of rotatable bonds is 2. The van der Waals surface area contributed by atoms with Crippen LogP contribution in [0.2, 0.25) is 0 Å². The molecule has 0 saturated carbocycles. The molecule has 4 heteroatoms. The number of hydrogen-bond acceptors (Lipinski definition) is 4. The van der Waals surface area contributed by atoms with Crippen molar-refractivity contribution >= 4 is 43.1 Å². The first-order valence-electron chi connectivity index (χ1n) is 12.8. The molecule has 0 bridgehead atoms. The van der Waals surface area contributed by atoms with Crippen LogP contribution in [-0.4, -0.2) is 20.4 Å². The summed E-state index contributed by atoms with van der Waals surface area (Å²) in [6.45, 7) is 1.44. The third kappa shape index (κ3) is 3.25. The molecule has 0 aromatic heterocycles. The van der Waals surface area contributed by atoms with Crippen LogP contribution < -0.4 is 0 Å². The zero-order valence-corrected chi connectivity index (χ0v) is 21.1. The topological polar surface area (TPSA) is 80.9 Å². The molecule has 0 radical (unpaired) electrons. The third-order valence-electron chi connectivity index (χ3n) is 7.85. The molecule has 188 valence electrons. The highest BCUT2D eigenvalue weighted by Crippen LogP contribution is 2.55. The largest absolute Gasteiger partial charge is 0.504 e. The first kappa shape index (κ1) is 22.9. The van der Waals surface area contributed by atoms with E-state index in [1.807, 2.05) is 54.6 Å². The van der Waals surface area contributed by atoms with E-state index in [1.54, 1.807) is 0 Å². The van der Waals surface area contributed by atoms with Crippen LogP contribution in [0.15, 0.2) is 103 Å². The van der Waals surface area contributed by atoms with Gasteiger partial charge < -0.3 is 20.4 Å². The van der Waals surface area contributed by atoms with Crippen LogP contribution in [0, 0.1) is 6.92 Å². The number of phenolic OH excluding ortho intramolecular Hbond substituents is 4. The van der Waals surface area contributed by atoms with Gasteiger partial charge in [0, 0.05) is 11.1 Å². The summed E-state index contributed by atoms with van der Waals surface area (Å²) in [5.41, 5.74) is 2.62. The molecule has 0 unspecified atom stereocenters. The molecule has 7 aromatic rings. The highest BCUT2D eigenvalue weighted by atomic mass is 16.3. The molecule has 4 nitrogen and oxygen atoms in total. The number of phenols is 4. The second-order valence-corrected chi connectivity index (χ2v) is 9.96. The van der Waals surface area contributed by atoms with Crippen LogP contribution in [0.3, 0.4) is 0 Å². The predicted octanol–water partition coefficient (Wildman–Crippen LogP) is 8.76. The molecule has 0 amide bonds. The smallest absolute Gasteiger partial charge is 0.169 e. The van der Waals surface area contributed by atoms with E-state index in [9.17, 15) is 20.4 Å². The van der Waals surface area contributed by atoms with Crippen LogP contribution in [-0.2, 0) is 0 Å². The summed E-state index contributed by atoms with van der Waals surface area (Å²) < 4.78 is 0. The Hall–Kier alpha value is -5.22. The van der Waals surface area contributed by atoms with Crippen molar-refractivity contribution in [2.24, 2.45) is 0 Å². The van der Waals surface area contributed by atoms with Gasteiger partial charge in [-0.2, -0.15) is 0 Å². The van der Waals surface area contributed by atoms with Crippen molar-refractivity contribution in [3.05, 3.63) is 109 Å². The van der Waals surface area contributed by atoms with Crippen LogP contribution in [0.4, 0.5) is 0 Å². The molecule has 0 aliphatic heterocycles. The van der Waals surface area contributed by atoms with Crippen LogP contribution in [0.1, 0.15) is 5.56 Å². The number of fused-ring (bicyclic) bond motifs is 5. The number of benzene rings is 7. The Balaban J connectivity index is 1.61. The summed E-state index contributed by atoms with van der Waals surface area (Å²) in [6.07, 6.45) is 0. The lowest BCUT2D eigenvalue weighted by Gasteiger charge is -2.20. The van der Waals surface area contributed by atoms with Crippen molar-refractivity contribution in [2.45, 2.75) is 6.92 Å². The Morgan fingerprint density at radius 1 is 0.385 bits per heavy atom. The zero-order chi connectivity index (χ0) is 26.8. The fourth-order valence-electron chi connectivity index (χ4n) is 5.93. The van der Waals surface area contributed by atoms with Crippen molar-refractivity contribution in [1.29, 1.82) is 0 Å². The summed E-state index contributed by atoms with van der Waals surface area (Å²) in [4.78, 5) is 0. The van der Waals surface area contributed by atoms with E-state index in [4.69, 9.17) is 0 Å². The minimum absolute atomic E-state index is 0.000434. The lowest BCUT2D eigenvalue weighted by atomic mass is 9.84. The minimum Gasteiger partial charge on any atom is -0.504 e. The molecule has 0 heterocycles. The van der Waals surface area contributed by atoms with Crippen molar-refractivity contribution in [3.8, 4) is 45.3 Å². The molecule has 7 aromatic carbocycles. The number of aromatic hydroxyl groups is 4. The first-order valence-corrected chi connectivity index (χ1v) is 12.8. The van der Waals surface area contributed by atoms with Gasteiger partial charge in [-0.15, -0.1) is 0 Å². The van der Waals surface area contributed by atoms with E-state index in [1.165, 1.54) is 23.1 Å². The third-order valence-corrected chi connectivity index (χ3v) is 7.85. The maximum absolute atomic E-state index is 11.0. The average molecular weight is 509 g/mol. The maximum Gasteiger partial charge on any atom is 0.169 e. The summed E-state index contributed by atoms with van der Waals surface area (Å²) in [7, 11) is 0. The first-order chi connectivity index (χ1) is 19.0. The van der Waals surface area contributed by atoms with E-state index in [0.29, 0.717) is 5.56 Å². The lowest BCUT2D eigenvalue weighted by molar-refractivity contribution is 0.371. The highest BCUT2D eigenvalue weighted by molar-refractivity contribution is 6.23. The molecular formula is C35H24O4. The van der Waals surface area contributed by atoms with Gasteiger partial charge in [0.2, 0.25) is 0 Å². The number of hydrogen-bond donors (Lipinski definition) is 4. The quantitative estimate of drug-likeness (QED) is 0.0814. The van der Waals surface area contributed by atoms with E-state index < -0.39 is 23.0 Å². The normalized spacial score (nSPS) is 11.6. The molecule has 0 aliphatic rings. The zero-order valence-electron chi connectivity index (χ0n) is 21.1. The van der Waals surface area contributed by atoms with Gasteiger partial charge in [0.25, 0.3) is 0 Å². The molecule has 0 aliphatic carbocycles. The Bertz CT molecular complexity index is 2040. The van der Waals surface area contributed by atoms with E-state index in [-0.39, 0.29) is 11.1 Å². The molecule has 0 saturated heterocycles. The Labute approximate surface area is 224 Å². The van der Waals surface area contributed by atoms with Crippen molar-refractivity contribution in [2.75, 3.05) is 0 Å². The molecule has 0 atom stereocenters. The average Bonchev–Trinajstić information content (AvgIpc) is 2.98. The van der Waals surface area contributed by atoms with Gasteiger partial charge >= 0.3 is 0 Å². The van der Waals surface area contributed by atoms with Gasteiger partial charge in [-0.25, -0.2) is 0 Å². The summed E-state index contributed by atoms with van der Waals surface area (Å²) in [5, 5.41) is 51.3. The highest BCUT2D eigenvalue weighted by Gasteiger charge is 2.26. The van der Waals surface area contributed by atoms with Gasteiger partial charge in [-0.05, 0) is 67.2 Å². The van der Waals surface area contributed by atoms with Gasteiger partial charge in [-0.1, -0.05) is 97.1 Å². The van der Waals surface area contributed by atoms with Crippen LogP contribution >= 0.6 is 0 Å². The predicted molar refractivity (Wildman–Crippen MR) is 159 cm³/mol. The van der Waals surface area contributed by atoms with Gasteiger partial charge in [0.15, 0.2) is 23.0 Å². The Morgan fingerprint density at radius 3 is 1.44 bits per heavy atom. The lowest BCUT2D eigenvalue weighted by Crippen LogP contribution is -1.93. The molecule has 0 fully saturated rings. The Kier molecular flexibility index (Phi) is 4.94. The molecule has 0 spiro atoms. The molecule has 4 N–H and O–H groups in total. The van der Waals surface area contributed by atoms with Gasteiger partial charge in [-0.3, -0.25) is 0 Å². The van der Waals surface area contributed by atoms with E-state index in [2.05, 4.69) is 48.5 Å². The molecular weight excluding hydrogens is 484 g/mol. The minimum atomic E-state index is -0.469. The second kappa shape index (κ2) is 8.40. The molecule has 39 heavy (non-hydrogen) atoms. The standard InChI is InChI=1S/C35H24O4/c1-19-32(36)34(38)31(35(39)33(19)37)30-27-12-6-4-10-25(27)29(26-11-5-7-13-28(26)30)22-16-17-24-21(18-22)15-14-20-8-2-3-9-23(20)24/h2-18,36-39H,1H3. The van der Waals surface area contributed by atoms with Crippen LogP contribution in [0.5, 0.6) is 23.0 Å². The van der Waals surface area contributed by atoms with Gasteiger partial charge in [0.05, 0.1) is 5.56 Å². The van der Waals surface area contributed by atoms with E-state index in [0.717, 1.165) is 38.1 Å². The second-order valence-electron chi connectivity index (χ2n) is 9.96.